The Balaban J connectivity index is 2.35. The molecule has 5 heteroatoms. The molecule has 0 aliphatic heterocycles. The van der Waals surface area contributed by atoms with Crippen LogP contribution in [-0.4, -0.2) is 17.4 Å². The molecular formula is C16H20FNO3. The van der Waals surface area contributed by atoms with E-state index >= 15 is 0 Å². The predicted octanol–water partition coefficient (Wildman–Crippen LogP) is 4.39. The van der Waals surface area contributed by atoms with Gasteiger partial charge >= 0.3 is 0 Å². The Kier molecular flexibility index (Phi) is 4.83. The van der Waals surface area contributed by atoms with Crippen molar-refractivity contribution in [2.45, 2.75) is 46.6 Å². The fourth-order valence-corrected chi connectivity index (χ4v) is 1.86. The lowest BCUT2D eigenvalue weighted by atomic mass is 10.2. The molecule has 0 saturated heterocycles. The average Bonchev–Trinajstić information content (AvgIpc) is 2.88. The number of aromatic nitrogens is 1. The molecule has 1 aromatic carbocycles. The number of hydrogen-bond acceptors (Lipinski definition) is 4. The fourth-order valence-electron chi connectivity index (χ4n) is 1.86. The van der Waals surface area contributed by atoms with Crippen molar-refractivity contribution >= 4 is 0 Å². The molecule has 21 heavy (non-hydrogen) atoms. The van der Waals surface area contributed by atoms with Crippen LogP contribution < -0.4 is 9.47 Å². The van der Waals surface area contributed by atoms with Crippen LogP contribution in [0.5, 0.6) is 11.5 Å². The first kappa shape index (κ1) is 15.4. The van der Waals surface area contributed by atoms with E-state index in [2.05, 4.69) is 4.98 Å². The largest absolute Gasteiger partial charge is 0.487 e. The molecule has 1 unspecified atom stereocenters. The van der Waals surface area contributed by atoms with Crippen LogP contribution in [0, 0.1) is 0 Å². The van der Waals surface area contributed by atoms with Crippen LogP contribution in [0.2, 0.25) is 0 Å². The molecule has 114 valence electrons. The zero-order valence-electron chi connectivity index (χ0n) is 12.7. The number of hydrogen-bond donors (Lipinski definition) is 0. The fraction of sp³-hybridized carbons (Fsp3) is 0.438. The van der Waals surface area contributed by atoms with Gasteiger partial charge in [0.2, 0.25) is 12.2 Å². The summed E-state index contributed by atoms with van der Waals surface area (Å²) in [6.07, 6.45) is 0.984. The minimum absolute atomic E-state index is 0.0479. The van der Waals surface area contributed by atoms with E-state index in [9.17, 15) is 4.39 Å². The van der Waals surface area contributed by atoms with Gasteiger partial charge in [-0.2, -0.15) is 0 Å². The molecular weight excluding hydrogens is 273 g/mol. The summed E-state index contributed by atoms with van der Waals surface area (Å²) in [5.74, 6) is 1.35. The average molecular weight is 293 g/mol. The minimum Gasteiger partial charge on any atom is -0.487 e. The summed E-state index contributed by atoms with van der Waals surface area (Å²) in [4.78, 5) is 4.37. The van der Waals surface area contributed by atoms with Crippen molar-refractivity contribution in [2.75, 3.05) is 0 Å². The van der Waals surface area contributed by atoms with Crippen molar-refractivity contribution in [1.29, 1.82) is 0 Å². The van der Waals surface area contributed by atoms with Gasteiger partial charge in [0, 0.05) is 12.5 Å². The maximum Gasteiger partial charge on any atom is 0.236 e. The number of aryl methyl sites for hydroxylation is 1. The van der Waals surface area contributed by atoms with Crippen molar-refractivity contribution in [3.8, 4) is 23.0 Å². The second-order valence-corrected chi connectivity index (χ2v) is 4.99. The van der Waals surface area contributed by atoms with Crippen molar-refractivity contribution in [1.82, 2.24) is 4.98 Å². The van der Waals surface area contributed by atoms with E-state index in [4.69, 9.17) is 13.9 Å². The van der Waals surface area contributed by atoms with Crippen LogP contribution in [0.3, 0.4) is 0 Å². The number of benzene rings is 1. The Bertz CT molecular complexity index is 593. The van der Waals surface area contributed by atoms with E-state index in [1.165, 1.54) is 6.92 Å². The number of nitrogens with zero attached hydrogens (tertiary/aromatic N) is 1. The highest BCUT2D eigenvalue weighted by molar-refractivity contribution is 5.60. The van der Waals surface area contributed by atoms with Gasteiger partial charge in [0.25, 0.3) is 0 Å². The monoisotopic (exact) mass is 293 g/mol. The topological polar surface area (TPSA) is 44.5 Å². The first-order valence-electron chi connectivity index (χ1n) is 7.05. The number of halogens is 1. The molecule has 0 aliphatic carbocycles. The predicted molar refractivity (Wildman–Crippen MR) is 78.3 cm³/mol. The zero-order valence-corrected chi connectivity index (χ0v) is 12.7. The normalized spacial score (nSPS) is 12.5. The Hall–Kier alpha value is -2.04. The van der Waals surface area contributed by atoms with Crippen LogP contribution >= 0.6 is 0 Å². The highest BCUT2D eigenvalue weighted by Gasteiger charge is 2.14. The van der Waals surface area contributed by atoms with Crippen molar-refractivity contribution in [2.24, 2.45) is 0 Å². The molecule has 0 radical (unpaired) electrons. The van der Waals surface area contributed by atoms with Gasteiger partial charge < -0.3 is 13.9 Å². The first-order chi connectivity index (χ1) is 9.99. The Morgan fingerprint density at radius 1 is 1.19 bits per heavy atom. The molecule has 1 aromatic heterocycles. The molecule has 0 fully saturated rings. The van der Waals surface area contributed by atoms with E-state index in [0.717, 1.165) is 17.7 Å². The van der Waals surface area contributed by atoms with Crippen LogP contribution in [0.15, 0.2) is 28.9 Å². The molecule has 0 spiro atoms. The third kappa shape index (κ3) is 3.97. The van der Waals surface area contributed by atoms with Crippen molar-refractivity contribution in [3.63, 3.8) is 0 Å². The van der Waals surface area contributed by atoms with Gasteiger partial charge in [-0.1, -0.05) is 6.92 Å². The molecule has 0 bridgehead atoms. The maximum absolute atomic E-state index is 13.1. The molecule has 1 heterocycles. The minimum atomic E-state index is -1.40. The van der Waals surface area contributed by atoms with E-state index in [-0.39, 0.29) is 6.10 Å². The summed E-state index contributed by atoms with van der Waals surface area (Å²) in [7, 11) is 0. The molecule has 2 rings (SSSR count). The zero-order chi connectivity index (χ0) is 15.4. The van der Waals surface area contributed by atoms with Gasteiger partial charge in [0.15, 0.2) is 11.5 Å². The summed E-state index contributed by atoms with van der Waals surface area (Å²) < 4.78 is 29.3. The van der Waals surface area contributed by atoms with E-state index in [1.807, 2.05) is 20.8 Å². The summed E-state index contributed by atoms with van der Waals surface area (Å²) in [6, 6.07) is 5.19. The van der Waals surface area contributed by atoms with E-state index < -0.39 is 6.36 Å². The third-order valence-electron chi connectivity index (χ3n) is 2.76. The Labute approximate surface area is 123 Å². The van der Waals surface area contributed by atoms with Gasteiger partial charge in [-0.05, 0) is 38.5 Å². The molecule has 4 nitrogen and oxygen atoms in total. The lowest BCUT2D eigenvalue weighted by Crippen LogP contribution is -2.10. The van der Waals surface area contributed by atoms with E-state index in [0.29, 0.717) is 17.4 Å². The third-order valence-corrected chi connectivity index (χ3v) is 2.76. The Morgan fingerprint density at radius 3 is 2.52 bits per heavy atom. The summed E-state index contributed by atoms with van der Waals surface area (Å²) in [5, 5.41) is 0. The lowest BCUT2D eigenvalue weighted by Gasteiger charge is -2.16. The second kappa shape index (κ2) is 6.61. The van der Waals surface area contributed by atoms with Crippen LogP contribution in [0.4, 0.5) is 4.39 Å². The first-order valence-corrected chi connectivity index (χ1v) is 7.05. The maximum atomic E-state index is 13.1. The smallest absolute Gasteiger partial charge is 0.236 e. The van der Waals surface area contributed by atoms with Crippen molar-refractivity contribution < 1.29 is 18.3 Å². The van der Waals surface area contributed by atoms with Gasteiger partial charge in [-0.15, -0.1) is 0 Å². The summed E-state index contributed by atoms with van der Waals surface area (Å²) >= 11 is 0. The molecule has 0 amide bonds. The van der Waals surface area contributed by atoms with Crippen molar-refractivity contribution in [3.05, 3.63) is 30.2 Å². The second-order valence-electron chi connectivity index (χ2n) is 4.99. The molecule has 2 aromatic rings. The van der Waals surface area contributed by atoms with E-state index in [1.54, 1.807) is 24.5 Å². The quantitative estimate of drug-likeness (QED) is 0.792. The van der Waals surface area contributed by atoms with Crippen LogP contribution in [0.25, 0.3) is 11.5 Å². The van der Waals surface area contributed by atoms with Gasteiger partial charge in [-0.3, -0.25) is 0 Å². The summed E-state index contributed by atoms with van der Waals surface area (Å²) in [6.45, 7) is 7.13. The SMILES string of the molecule is CCc1coc(-c2ccc(OC(C)F)c(OC(C)C)c2)n1. The molecule has 0 aliphatic rings. The van der Waals surface area contributed by atoms with Gasteiger partial charge in [0.05, 0.1) is 11.8 Å². The highest BCUT2D eigenvalue weighted by atomic mass is 19.1. The Morgan fingerprint density at radius 2 is 1.95 bits per heavy atom. The van der Waals surface area contributed by atoms with Gasteiger partial charge in [-0.25, -0.2) is 9.37 Å². The molecule has 1 atom stereocenters. The number of oxazole rings is 1. The van der Waals surface area contributed by atoms with Crippen LogP contribution in [-0.2, 0) is 6.42 Å². The number of ether oxygens (including phenoxy) is 2. The molecule has 0 N–H and O–H groups in total. The van der Waals surface area contributed by atoms with Gasteiger partial charge in [0.1, 0.15) is 6.26 Å². The van der Waals surface area contributed by atoms with Crippen LogP contribution in [0.1, 0.15) is 33.4 Å². The molecule has 0 saturated carbocycles. The standard InChI is InChI=1S/C16H20FNO3/c1-5-13-9-19-16(18-13)12-6-7-14(21-11(4)17)15(8-12)20-10(2)3/h6-11H,5H2,1-4H3. The summed E-state index contributed by atoms with van der Waals surface area (Å²) in [5.41, 5.74) is 1.65. The lowest BCUT2D eigenvalue weighted by molar-refractivity contribution is 0.0796. The highest BCUT2D eigenvalue weighted by Crippen LogP contribution is 2.34. The number of rotatable bonds is 6. The number of alkyl halides is 1.